The summed E-state index contributed by atoms with van der Waals surface area (Å²) < 4.78 is 1.35. The number of hydrogen-bond donors (Lipinski definition) is 1. The summed E-state index contributed by atoms with van der Waals surface area (Å²) in [5.41, 5.74) is 0.244. The molecule has 0 aliphatic rings. The molecule has 0 radical (unpaired) electrons. The maximum absolute atomic E-state index is 11.8. The molecule has 0 fully saturated rings. The molecule has 0 unspecified atom stereocenters. The van der Waals surface area contributed by atoms with Crippen LogP contribution in [0, 0.1) is 6.92 Å². The van der Waals surface area contributed by atoms with Crippen molar-refractivity contribution in [3.05, 3.63) is 39.3 Å². The molecule has 0 saturated heterocycles. The fraction of sp³-hybridized carbons (Fsp3) is 0.200. The summed E-state index contributed by atoms with van der Waals surface area (Å²) in [5, 5.41) is 11.4. The van der Waals surface area contributed by atoms with Crippen molar-refractivity contribution in [2.24, 2.45) is 7.05 Å². The number of carbonyl (C=O) groups excluding carboxylic acids is 1. The van der Waals surface area contributed by atoms with Gasteiger partial charge in [0.2, 0.25) is 10.7 Å². The Kier molecular flexibility index (Phi) is 3.01. The van der Waals surface area contributed by atoms with Gasteiger partial charge in [-0.15, -0.1) is 10.2 Å². The molecule has 2 aromatic rings. The van der Waals surface area contributed by atoms with Crippen molar-refractivity contribution in [1.29, 1.82) is 0 Å². The number of nitrogens with one attached hydrogen (secondary N) is 1. The van der Waals surface area contributed by atoms with Crippen LogP contribution in [0.3, 0.4) is 0 Å². The van der Waals surface area contributed by atoms with Crippen LogP contribution >= 0.6 is 11.3 Å². The lowest BCUT2D eigenvalue weighted by molar-refractivity contribution is 0.102. The molecule has 2 heterocycles. The zero-order chi connectivity index (χ0) is 12.4. The van der Waals surface area contributed by atoms with Gasteiger partial charge in [-0.05, 0) is 13.0 Å². The van der Waals surface area contributed by atoms with Crippen LogP contribution in [0.15, 0.2) is 23.1 Å². The van der Waals surface area contributed by atoms with Crippen molar-refractivity contribution in [2.45, 2.75) is 6.92 Å². The predicted molar refractivity (Wildman–Crippen MR) is 64.3 cm³/mol. The third-order valence-corrected chi connectivity index (χ3v) is 2.85. The maximum atomic E-state index is 11.8. The average molecular weight is 250 g/mol. The minimum absolute atomic E-state index is 0.159. The molecule has 0 saturated carbocycles. The van der Waals surface area contributed by atoms with E-state index in [0.717, 1.165) is 5.01 Å². The molecular formula is C10H10N4O2S. The molecule has 1 amide bonds. The van der Waals surface area contributed by atoms with Crippen LogP contribution in [-0.4, -0.2) is 20.7 Å². The van der Waals surface area contributed by atoms with E-state index in [1.54, 1.807) is 14.0 Å². The summed E-state index contributed by atoms with van der Waals surface area (Å²) in [6.07, 6.45) is 1.48. The molecule has 0 aromatic carbocycles. The van der Waals surface area contributed by atoms with Crippen LogP contribution in [0.1, 0.15) is 15.4 Å². The van der Waals surface area contributed by atoms with Gasteiger partial charge >= 0.3 is 0 Å². The van der Waals surface area contributed by atoms with E-state index in [-0.39, 0.29) is 11.5 Å². The molecule has 0 aliphatic carbocycles. The highest BCUT2D eigenvalue weighted by Gasteiger charge is 2.09. The second kappa shape index (κ2) is 4.46. The molecule has 7 heteroatoms. The molecule has 0 spiro atoms. The zero-order valence-electron chi connectivity index (χ0n) is 9.30. The van der Waals surface area contributed by atoms with Crippen LogP contribution in [-0.2, 0) is 7.05 Å². The Morgan fingerprint density at radius 1 is 1.41 bits per heavy atom. The first-order valence-corrected chi connectivity index (χ1v) is 5.66. The van der Waals surface area contributed by atoms with E-state index in [1.807, 2.05) is 0 Å². The molecule has 0 atom stereocenters. The van der Waals surface area contributed by atoms with E-state index in [2.05, 4.69) is 15.5 Å². The number of pyridine rings is 1. The van der Waals surface area contributed by atoms with Gasteiger partial charge in [0.15, 0.2) is 0 Å². The summed E-state index contributed by atoms with van der Waals surface area (Å²) in [6, 6.07) is 2.83. The number of aryl methyl sites for hydroxylation is 2. The molecular weight excluding hydrogens is 240 g/mol. The topological polar surface area (TPSA) is 76.9 Å². The minimum Gasteiger partial charge on any atom is -0.318 e. The van der Waals surface area contributed by atoms with Gasteiger partial charge in [0, 0.05) is 19.3 Å². The van der Waals surface area contributed by atoms with Gasteiger partial charge in [0.1, 0.15) is 5.01 Å². The first-order chi connectivity index (χ1) is 8.06. The molecule has 88 valence electrons. The second-order valence-electron chi connectivity index (χ2n) is 3.45. The van der Waals surface area contributed by atoms with Crippen LogP contribution in [0.4, 0.5) is 5.13 Å². The Bertz CT molecular complexity index is 617. The fourth-order valence-electron chi connectivity index (χ4n) is 1.24. The van der Waals surface area contributed by atoms with Gasteiger partial charge < -0.3 is 4.57 Å². The van der Waals surface area contributed by atoms with E-state index >= 15 is 0 Å². The smallest absolute Gasteiger partial charge is 0.258 e. The largest absolute Gasteiger partial charge is 0.318 e. The molecule has 0 bridgehead atoms. The quantitative estimate of drug-likeness (QED) is 0.855. The Hall–Kier alpha value is -2.02. The first kappa shape index (κ1) is 11.5. The lowest BCUT2D eigenvalue weighted by Gasteiger charge is -2.02. The van der Waals surface area contributed by atoms with Gasteiger partial charge in [-0.25, -0.2) is 0 Å². The van der Waals surface area contributed by atoms with E-state index in [9.17, 15) is 9.59 Å². The number of carbonyl (C=O) groups is 1. The molecule has 17 heavy (non-hydrogen) atoms. The van der Waals surface area contributed by atoms with Gasteiger partial charge in [0.05, 0.1) is 5.56 Å². The Morgan fingerprint density at radius 3 is 2.76 bits per heavy atom. The van der Waals surface area contributed by atoms with E-state index in [0.29, 0.717) is 10.7 Å². The van der Waals surface area contributed by atoms with Gasteiger partial charge in [0.25, 0.3) is 5.91 Å². The summed E-state index contributed by atoms with van der Waals surface area (Å²) in [6.45, 7) is 1.81. The van der Waals surface area contributed by atoms with Crippen molar-refractivity contribution in [3.63, 3.8) is 0 Å². The number of anilines is 1. The summed E-state index contributed by atoms with van der Waals surface area (Å²) >= 11 is 1.30. The van der Waals surface area contributed by atoms with Crippen LogP contribution in [0.2, 0.25) is 0 Å². The van der Waals surface area contributed by atoms with Crippen molar-refractivity contribution < 1.29 is 4.79 Å². The number of hydrogen-bond acceptors (Lipinski definition) is 5. The summed E-state index contributed by atoms with van der Waals surface area (Å²) in [7, 11) is 1.59. The highest BCUT2D eigenvalue weighted by Crippen LogP contribution is 2.14. The lowest BCUT2D eigenvalue weighted by atomic mass is 10.2. The van der Waals surface area contributed by atoms with E-state index in [4.69, 9.17) is 0 Å². The maximum Gasteiger partial charge on any atom is 0.258 e. The van der Waals surface area contributed by atoms with E-state index in [1.165, 1.54) is 34.2 Å². The Morgan fingerprint density at radius 2 is 2.18 bits per heavy atom. The second-order valence-corrected chi connectivity index (χ2v) is 4.63. The number of amides is 1. The molecule has 1 N–H and O–H groups in total. The van der Waals surface area contributed by atoms with Gasteiger partial charge in [-0.2, -0.15) is 0 Å². The zero-order valence-corrected chi connectivity index (χ0v) is 10.1. The van der Waals surface area contributed by atoms with Crippen molar-refractivity contribution in [1.82, 2.24) is 14.8 Å². The van der Waals surface area contributed by atoms with Crippen molar-refractivity contribution >= 4 is 22.4 Å². The molecule has 6 nitrogen and oxygen atoms in total. The highest BCUT2D eigenvalue weighted by atomic mass is 32.1. The Labute approximate surface area is 101 Å². The van der Waals surface area contributed by atoms with E-state index < -0.39 is 0 Å². The molecule has 2 aromatic heterocycles. The first-order valence-electron chi connectivity index (χ1n) is 4.84. The predicted octanol–water partition coefficient (Wildman–Crippen LogP) is 0.798. The Balaban J connectivity index is 2.20. The van der Waals surface area contributed by atoms with Crippen LogP contribution in [0.25, 0.3) is 0 Å². The SMILES string of the molecule is Cc1nnc(NC(=O)c2ccc(=O)n(C)c2)s1. The third kappa shape index (κ3) is 2.56. The third-order valence-electron chi connectivity index (χ3n) is 2.09. The number of nitrogens with zero attached hydrogens (tertiary/aromatic N) is 3. The summed E-state index contributed by atoms with van der Waals surface area (Å²) in [4.78, 5) is 23.0. The van der Waals surface area contributed by atoms with Gasteiger partial charge in [-0.3, -0.25) is 14.9 Å². The van der Waals surface area contributed by atoms with Gasteiger partial charge in [-0.1, -0.05) is 11.3 Å². The van der Waals surface area contributed by atoms with Crippen LogP contribution < -0.4 is 10.9 Å². The standard InChI is InChI=1S/C10H10N4O2S/c1-6-12-13-10(17-6)11-9(16)7-3-4-8(15)14(2)5-7/h3-5H,1-2H3,(H,11,13,16). The normalized spacial score (nSPS) is 10.2. The summed E-state index contributed by atoms with van der Waals surface area (Å²) in [5.74, 6) is -0.309. The fourth-order valence-corrected chi connectivity index (χ4v) is 1.83. The lowest BCUT2D eigenvalue weighted by Crippen LogP contribution is -2.19. The van der Waals surface area contributed by atoms with Crippen molar-refractivity contribution in [3.8, 4) is 0 Å². The number of aromatic nitrogens is 3. The minimum atomic E-state index is -0.309. The van der Waals surface area contributed by atoms with Crippen LogP contribution in [0.5, 0.6) is 0 Å². The highest BCUT2D eigenvalue weighted by molar-refractivity contribution is 7.15. The van der Waals surface area contributed by atoms with Crippen molar-refractivity contribution in [2.75, 3.05) is 5.32 Å². The monoisotopic (exact) mass is 250 g/mol. The average Bonchev–Trinajstić information content (AvgIpc) is 2.68. The number of rotatable bonds is 2. The molecule has 0 aliphatic heterocycles. The molecule has 2 rings (SSSR count).